The Hall–Kier alpha value is -2.12. The van der Waals surface area contributed by atoms with Crippen LogP contribution in [0.3, 0.4) is 0 Å². The number of rotatable bonds is 3. The van der Waals surface area contributed by atoms with E-state index in [9.17, 15) is 4.79 Å². The van der Waals surface area contributed by atoms with Crippen molar-refractivity contribution in [2.45, 2.75) is 19.3 Å². The molecule has 8 heteroatoms. The average Bonchev–Trinajstić information content (AvgIpc) is 2.96. The molecule has 2 N–H and O–H groups in total. The average molecular weight is 291 g/mol. The monoisotopic (exact) mass is 291 g/mol. The highest BCUT2D eigenvalue weighted by atomic mass is 16.1. The van der Waals surface area contributed by atoms with Crippen LogP contribution in [0.5, 0.6) is 0 Å². The first-order valence-corrected chi connectivity index (χ1v) is 7.46. The van der Waals surface area contributed by atoms with Crippen LogP contribution in [0.25, 0.3) is 0 Å². The highest BCUT2D eigenvalue weighted by Gasteiger charge is 2.21. The summed E-state index contributed by atoms with van der Waals surface area (Å²) in [4.78, 5) is 29.2. The molecule has 0 radical (unpaired) electrons. The molecule has 2 aliphatic rings. The summed E-state index contributed by atoms with van der Waals surface area (Å²) in [5.41, 5.74) is 0. The molecular weight excluding hydrogens is 270 g/mol. The second-order valence-electron chi connectivity index (χ2n) is 5.29. The van der Waals surface area contributed by atoms with Gasteiger partial charge in [0.05, 0.1) is 0 Å². The van der Waals surface area contributed by atoms with Gasteiger partial charge in [-0.3, -0.25) is 4.79 Å². The van der Waals surface area contributed by atoms with Crippen LogP contribution < -0.4 is 20.4 Å². The number of nitrogens with zero attached hydrogens (tertiary/aromatic N) is 5. The van der Waals surface area contributed by atoms with Crippen molar-refractivity contribution in [1.82, 2.24) is 20.3 Å². The van der Waals surface area contributed by atoms with Gasteiger partial charge in [-0.25, -0.2) is 0 Å². The lowest BCUT2D eigenvalue weighted by Gasteiger charge is -2.22. The van der Waals surface area contributed by atoms with Crippen LogP contribution in [-0.2, 0) is 4.79 Å². The summed E-state index contributed by atoms with van der Waals surface area (Å²) < 4.78 is 0. The van der Waals surface area contributed by atoms with Gasteiger partial charge in [0.1, 0.15) is 0 Å². The Kier molecular flexibility index (Phi) is 4.03. The van der Waals surface area contributed by atoms with Crippen LogP contribution in [0, 0.1) is 0 Å². The molecule has 114 valence electrons. The number of hydrogen-bond acceptors (Lipinski definition) is 7. The minimum Gasteiger partial charge on any atom is -0.357 e. The standard InChI is InChI=1S/C13H21N7O/c1-14-11-16-12(19-6-2-3-7-19)18-13(17-11)20-8-4-10(21)15-5-9-20/h2-9H2,1H3,(H,15,21)(H,14,16,17,18). The number of hydrogen-bond donors (Lipinski definition) is 2. The van der Waals surface area contributed by atoms with Gasteiger partial charge in [0.15, 0.2) is 0 Å². The van der Waals surface area contributed by atoms with E-state index in [1.807, 2.05) is 4.90 Å². The smallest absolute Gasteiger partial charge is 0.232 e. The second-order valence-corrected chi connectivity index (χ2v) is 5.29. The van der Waals surface area contributed by atoms with E-state index in [1.54, 1.807) is 7.05 Å². The minimum absolute atomic E-state index is 0.0835. The van der Waals surface area contributed by atoms with E-state index in [0.29, 0.717) is 31.4 Å². The topological polar surface area (TPSA) is 86.3 Å². The van der Waals surface area contributed by atoms with Crippen molar-refractivity contribution in [3.8, 4) is 0 Å². The number of anilines is 3. The van der Waals surface area contributed by atoms with E-state index in [0.717, 1.165) is 25.6 Å². The Balaban J connectivity index is 1.86. The Morgan fingerprint density at radius 1 is 1.00 bits per heavy atom. The maximum absolute atomic E-state index is 11.4. The maximum atomic E-state index is 11.4. The van der Waals surface area contributed by atoms with Crippen molar-refractivity contribution < 1.29 is 4.79 Å². The summed E-state index contributed by atoms with van der Waals surface area (Å²) in [6, 6.07) is 0. The predicted octanol–water partition coefficient (Wildman–Crippen LogP) is -0.160. The summed E-state index contributed by atoms with van der Waals surface area (Å²) in [6.07, 6.45) is 2.83. The summed E-state index contributed by atoms with van der Waals surface area (Å²) in [6.45, 7) is 3.97. The van der Waals surface area contributed by atoms with Gasteiger partial charge >= 0.3 is 0 Å². The minimum atomic E-state index is 0.0835. The molecule has 2 fully saturated rings. The molecule has 1 aromatic heterocycles. The van der Waals surface area contributed by atoms with E-state index >= 15 is 0 Å². The molecule has 3 rings (SSSR count). The molecule has 2 aliphatic heterocycles. The van der Waals surface area contributed by atoms with Gasteiger partial charge in [-0.15, -0.1) is 0 Å². The van der Waals surface area contributed by atoms with Gasteiger partial charge in [0.2, 0.25) is 23.8 Å². The van der Waals surface area contributed by atoms with Crippen molar-refractivity contribution in [2.75, 3.05) is 54.9 Å². The van der Waals surface area contributed by atoms with Gasteiger partial charge in [0, 0.05) is 46.2 Å². The molecule has 1 aromatic rings. The highest BCUT2D eigenvalue weighted by molar-refractivity contribution is 5.77. The zero-order valence-electron chi connectivity index (χ0n) is 12.3. The quantitative estimate of drug-likeness (QED) is 0.800. The molecule has 1 amide bonds. The maximum Gasteiger partial charge on any atom is 0.232 e. The Morgan fingerprint density at radius 3 is 2.33 bits per heavy atom. The molecule has 0 unspecified atom stereocenters. The first-order chi connectivity index (χ1) is 10.3. The zero-order chi connectivity index (χ0) is 14.7. The van der Waals surface area contributed by atoms with Crippen LogP contribution in [0.1, 0.15) is 19.3 Å². The molecule has 21 heavy (non-hydrogen) atoms. The molecule has 0 bridgehead atoms. The molecule has 3 heterocycles. The number of aromatic nitrogens is 3. The largest absolute Gasteiger partial charge is 0.357 e. The highest BCUT2D eigenvalue weighted by Crippen LogP contribution is 2.20. The Morgan fingerprint density at radius 2 is 1.67 bits per heavy atom. The van der Waals surface area contributed by atoms with E-state index in [4.69, 9.17) is 0 Å². The van der Waals surface area contributed by atoms with Crippen LogP contribution in [0.4, 0.5) is 17.8 Å². The number of carbonyl (C=O) groups excluding carboxylic acids is 1. The lowest BCUT2D eigenvalue weighted by Crippen LogP contribution is -2.31. The first-order valence-electron chi connectivity index (χ1n) is 7.46. The predicted molar refractivity (Wildman–Crippen MR) is 80.7 cm³/mol. The number of amides is 1. The van der Waals surface area contributed by atoms with E-state index in [-0.39, 0.29) is 5.91 Å². The normalized spacial score (nSPS) is 19.4. The summed E-state index contributed by atoms with van der Waals surface area (Å²) >= 11 is 0. The fourth-order valence-electron chi connectivity index (χ4n) is 2.63. The number of nitrogens with one attached hydrogen (secondary N) is 2. The van der Waals surface area contributed by atoms with E-state index < -0.39 is 0 Å². The Labute approximate surface area is 124 Å². The van der Waals surface area contributed by atoms with Gasteiger partial charge in [-0.05, 0) is 12.8 Å². The van der Waals surface area contributed by atoms with Crippen LogP contribution in [0.2, 0.25) is 0 Å². The summed E-state index contributed by atoms with van der Waals surface area (Å²) in [5, 5.41) is 5.86. The number of carbonyl (C=O) groups is 1. The van der Waals surface area contributed by atoms with Crippen LogP contribution >= 0.6 is 0 Å². The molecule has 8 nitrogen and oxygen atoms in total. The van der Waals surface area contributed by atoms with Crippen molar-refractivity contribution >= 4 is 23.8 Å². The third kappa shape index (κ3) is 3.14. The van der Waals surface area contributed by atoms with E-state index in [1.165, 1.54) is 12.8 Å². The lowest BCUT2D eigenvalue weighted by atomic mass is 10.4. The van der Waals surface area contributed by atoms with Crippen molar-refractivity contribution in [1.29, 1.82) is 0 Å². The van der Waals surface area contributed by atoms with Crippen LogP contribution in [-0.4, -0.2) is 60.6 Å². The third-order valence-electron chi connectivity index (χ3n) is 3.82. The molecule has 0 aliphatic carbocycles. The molecular formula is C13H21N7O. The van der Waals surface area contributed by atoms with Crippen molar-refractivity contribution in [2.24, 2.45) is 0 Å². The van der Waals surface area contributed by atoms with Gasteiger partial charge in [-0.2, -0.15) is 15.0 Å². The Bertz CT molecular complexity index is 515. The zero-order valence-corrected chi connectivity index (χ0v) is 12.3. The molecule has 0 saturated carbocycles. The third-order valence-corrected chi connectivity index (χ3v) is 3.82. The van der Waals surface area contributed by atoms with Gasteiger partial charge in [-0.1, -0.05) is 0 Å². The summed E-state index contributed by atoms with van der Waals surface area (Å²) in [7, 11) is 1.81. The fraction of sp³-hybridized carbons (Fsp3) is 0.692. The second kappa shape index (κ2) is 6.11. The van der Waals surface area contributed by atoms with E-state index in [2.05, 4.69) is 30.5 Å². The SMILES string of the molecule is CNc1nc(N2CCCC2)nc(N2CCNC(=O)CC2)n1. The van der Waals surface area contributed by atoms with Crippen molar-refractivity contribution in [3.63, 3.8) is 0 Å². The molecule has 0 spiro atoms. The molecule has 0 atom stereocenters. The fourth-order valence-corrected chi connectivity index (χ4v) is 2.63. The molecule has 0 aromatic carbocycles. The van der Waals surface area contributed by atoms with Gasteiger partial charge in [0.25, 0.3) is 0 Å². The molecule has 2 saturated heterocycles. The van der Waals surface area contributed by atoms with Crippen molar-refractivity contribution in [3.05, 3.63) is 0 Å². The lowest BCUT2D eigenvalue weighted by molar-refractivity contribution is -0.120. The van der Waals surface area contributed by atoms with Crippen LogP contribution in [0.15, 0.2) is 0 Å². The first kappa shape index (κ1) is 13.8. The summed E-state index contributed by atoms with van der Waals surface area (Å²) in [5.74, 6) is 2.03. The van der Waals surface area contributed by atoms with Gasteiger partial charge < -0.3 is 20.4 Å².